The first-order valence-corrected chi connectivity index (χ1v) is 13.9. The van der Waals surface area contributed by atoms with Gasteiger partial charge in [-0.05, 0) is 82.5 Å². The average molecular weight is 517 g/mol. The molecule has 0 saturated carbocycles. The first-order chi connectivity index (χ1) is 19.9. The van der Waals surface area contributed by atoms with Gasteiger partial charge >= 0.3 is 0 Å². The molecule has 0 aliphatic heterocycles. The van der Waals surface area contributed by atoms with Gasteiger partial charge in [0.1, 0.15) is 0 Å². The highest BCUT2D eigenvalue weighted by atomic mass is 14.2. The van der Waals surface area contributed by atoms with Crippen LogP contribution in [0, 0.1) is 0 Å². The van der Waals surface area contributed by atoms with Crippen LogP contribution in [0.4, 0.5) is 0 Å². The fourth-order valence-electron chi connectivity index (χ4n) is 6.47. The molecule has 3 radical (unpaired) electrons. The highest BCUT2D eigenvalue weighted by Gasteiger charge is 2.18. The van der Waals surface area contributed by atoms with Crippen molar-refractivity contribution < 1.29 is 0 Å². The molecule has 8 aromatic rings. The van der Waals surface area contributed by atoms with Gasteiger partial charge in [0.2, 0.25) is 0 Å². The van der Waals surface area contributed by atoms with Crippen molar-refractivity contribution in [2.24, 2.45) is 0 Å². The zero-order valence-electron chi connectivity index (χ0n) is 22.6. The van der Waals surface area contributed by atoms with E-state index in [1.54, 1.807) is 0 Å². The molecule has 0 amide bonds. The van der Waals surface area contributed by atoms with Gasteiger partial charge in [-0.15, -0.1) is 0 Å². The Morgan fingerprint density at radius 3 is 1.41 bits per heavy atom. The molecule has 0 heterocycles. The van der Waals surface area contributed by atoms with E-state index >= 15 is 0 Å². The highest BCUT2D eigenvalue weighted by Crippen LogP contribution is 2.46. The van der Waals surface area contributed by atoms with Gasteiger partial charge in [0.05, 0.1) is 0 Å². The first kappa shape index (κ1) is 24.9. The summed E-state index contributed by atoms with van der Waals surface area (Å²) in [4.78, 5) is 0. The van der Waals surface area contributed by atoms with E-state index in [2.05, 4.69) is 158 Å². The quantitative estimate of drug-likeness (QED) is 0.162. The third-order valence-corrected chi connectivity index (χ3v) is 8.25. The Hall–Kier alpha value is -5.14. The van der Waals surface area contributed by atoms with Crippen LogP contribution in [0.15, 0.2) is 158 Å². The maximum atomic E-state index is 2.32. The number of hydrogen-bond acceptors (Lipinski definition) is 0. The van der Waals surface area contributed by atoms with Gasteiger partial charge in [-0.25, -0.2) is 0 Å². The minimum atomic E-state index is 0. The Morgan fingerprint density at radius 1 is 0.268 bits per heavy atom. The molecule has 1 heteroatoms. The average Bonchev–Trinajstić information content (AvgIpc) is 3.03. The molecule has 0 unspecified atom stereocenters. The summed E-state index contributed by atoms with van der Waals surface area (Å²) in [5, 5.41) is 10.2. The van der Waals surface area contributed by atoms with Gasteiger partial charge < -0.3 is 0 Å². The molecule has 8 aromatic carbocycles. The highest BCUT2D eigenvalue weighted by molar-refractivity contribution is 6.24. The summed E-state index contributed by atoms with van der Waals surface area (Å²) in [6.45, 7) is 0. The van der Waals surface area contributed by atoms with Crippen LogP contribution in [0.2, 0.25) is 0 Å². The number of hydrogen-bond donors (Lipinski definition) is 0. The van der Waals surface area contributed by atoms with Crippen LogP contribution in [0.5, 0.6) is 0 Å². The Kier molecular flexibility index (Phi) is 6.14. The maximum absolute atomic E-state index is 2.32. The third kappa shape index (κ3) is 4.01. The van der Waals surface area contributed by atoms with Crippen molar-refractivity contribution in [2.45, 2.75) is 0 Å². The van der Waals surface area contributed by atoms with Gasteiger partial charge in [0.15, 0.2) is 0 Å². The normalized spacial score (nSPS) is 11.2. The minimum absolute atomic E-state index is 0. The fourth-order valence-corrected chi connectivity index (χ4v) is 6.47. The zero-order valence-corrected chi connectivity index (χ0v) is 22.6. The summed E-state index contributed by atoms with van der Waals surface area (Å²) in [6, 6.07) is 57.5. The fraction of sp³-hybridized carbons (Fsp3) is 0. The second-order valence-corrected chi connectivity index (χ2v) is 10.5. The van der Waals surface area contributed by atoms with Gasteiger partial charge in [-0.3, -0.25) is 0 Å². The van der Waals surface area contributed by atoms with Crippen LogP contribution in [-0.4, -0.2) is 8.41 Å². The number of rotatable bonds is 3. The van der Waals surface area contributed by atoms with Crippen molar-refractivity contribution >= 4 is 51.5 Å². The van der Waals surface area contributed by atoms with Gasteiger partial charge in [0, 0.05) is 8.41 Å². The second kappa shape index (κ2) is 10.1. The van der Waals surface area contributed by atoms with Crippen molar-refractivity contribution in [2.75, 3.05) is 0 Å². The molecule has 8 rings (SSSR count). The van der Waals surface area contributed by atoms with E-state index in [9.17, 15) is 0 Å². The molecule has 0 N–H and O–H groups in total. The van der Waals surface area contributed by atoms with E-state index in [1.807, 2.05) is 0 Å². The standard InChI is InChI=1S/C40H26.B/c1-2-13-28(14-3-1)39-35-16-6-8-18-37(35)40(38-19-9-7-17-36(38)39)34-23-11-21-32-31(20-10-22-33(32)34)30-25-24-27-12-4-5-15-29(27)26-30;/h1-26H;. The lowest BCUT2D eigenvalue weighted by Gasteiger charge is -2.19. The Balaban J connectivity index is 0.00000276. The van der Waals surface area contributed by atoms with Crippen molar-refractivity contribution in [1.82, 2.24) is 0 Å². The molecule has 41 heavy (non-hydrogen) atoms. The van der Waals surface area contributed by atoms with Gasteiger partial charge in [-0.1, -0.05) is 152 Å². The Bertz CT molecular complexity index is 2150. The van der Waals surface area contributed by atoms with E-state index < -0.39 is 0 Å². The SMILES string of the molecule is [B].c1ccc(-c2c3ccccc3c(-c3cccc4c(-c5ccc6ccccc6c5)cccc34)c3ccccc23)cc1. The van der Waals surface area contributed by atoms with Gasteiger partial charge in [0.25, 0.3) is 0 Å². The summed E-state index contributed by atoms with van der Waals surface area (Å²) in [7, 11) is 0. The van der Waals surface area contributed by atoms with E-state index in [1.165, 1.54) is 76.5 Å². The van der Waals surface area contributed by atoms with E-state index in [0.717, 1.165) is 0 Å². The van der Waals surface area contributed by atoms with E-state index in [4.69, 9.17) is 0 Å². The largest absolute Gasteiger partial charge is 0.0622 e. The molecule has 0 aliphatic carbocycles. The lowest BCUT2D eigenvalue weighted by molar-refractivity contribution is 1.65. The smallest absolute Gasteiger partial charge is 0 e. The molecule has 0 spiro atoms. The molecule has 0 atom stereocenters. The predicted molar refractivity (Wildman–Crippen MR) is 179 cm³/mol. The molecule has 0 saturated heterocycles. The van der Waals surface area contributed by atoms with Crippen LogP contribution < -0.4 is 0 Å². The Morgan fingerprint density at radius 2 is 0.756 bits per heavy atom. The first-order valence-electron chi connectivity index (χ1n) is 13.9. The van der Waals surface area contributed by atoms with Crippen molar-refractivity contribution in [1.29, 1.82) is 0 Å². The van der Waals surface area contributed by atoms with Crippen LogP contribution in [0.3, 0.4) is 0 Å². The van der Waals surface area contributed by atoms with E-state index in [0.29, 0.717) is 0 Å². The molecule has 0 nitrogen and oxygen atoms in total. The van der Waals surface area contributed by atoms with Crippen LogP contribution in [0.1, 0.15) is 0 Å². The zero-order chi connectivity index (χ0) is 26.5. The minimum Gasteiger partial charge on any atom is -0.0622 e. The number of benzene rings is 8. The molecule has 0 aliphatic rings. The van der Waals surface area contributed by atoms with Crippen LogP contribution >= 0.6 is 0 Å². The molecule has 0 fully saturated rings. The monoisotopic (exact) mass is 517 g/mol. The molecular weight excluding hydrogens is 491 g/mol. The van der Waals surface area contributed by atoms with Gasteiger partial charge in [-0.2, -0.15) is 0 Å². The second-order valence-electron chi connectivity index (χ2n) is 10.5. The topological polar surface area (TPSA) is 0 Å². The molecule has 0 aromatic heterocycles. The summed E-state index contributed by atoms with van der Waals surface area (Å²) in [5.74, 6) is 0. The van der Waals surface area contributed by atoms with Crippen LogP contribution in [-0.2, 0) is 0 Å². The van der Waals surface area contributed by atoms with Crippen molar-refractivity contribution in [3.05, 3.63) is 158 Å². The molecule has 0 bridgehead atoms. The lowest BCUT2D eigenvalue weighted by Crippen LogP contribution is -1.92. The van der Waals surface area contributed by atoms with Crippen molar-refractivity contribution in [3.8, 4) is 33.4 Å². The maximum Gasteiger partial charge on any atom is 0 e. The third-order valence-electron chi connectivity index (χ3n) is 8.25. The summed E-state index contributed by atoms with van der Waals surface area (Å²) in [5.41, 5.74) is 7.63. The summed E-state index contributed by atoms with van der Waals surface area (Å²) < 4.78 is 0. The molecule has 189 valence electrons. The van der Waals surface area contributed by atoms with Crippen LogP contribution in [0.25, 0.3) is 76.5 Å². The molecular formula is C40H26B. The summed E-state index contributed by atoms with van der Waals surface area (Å²) >= 11 is 0. The predicted octanol–water partition coefficient (Wildman–Crippen LogP) is 10.9. The van der Waals surface area contributed by atoms with E-state index in [-0.39, 0.29) is 8.41 Å². The van der Waals surface area contributed by atoms with Crippen molar-refractivity contribution in [3.63, 3.8) is 0 Å². The summed E-state index contributed by atoms with van der Waals surface area (Å²) in [6.07, 6.45) is 0. The Labute approximate surface area is 242 Å². The lowest BCUT2D eigenvalue weighted by atomic mass is 9.84. The number of fused-ring (bicyclic) bond motifs is 4.